The fraction of sp³-hybridized carbons (Fsp3) is 0.474. The SMILES string of the molecule is CN(C)CCCNC(=O)c1cnc(N2CCN(c3ccccn3)CC2)cn1. The molecule has 1 fully saturated rings. The van der Waals surface area contributed by atoms with E-state index < -0.39 is 0 Å². The molecule has 1 aliphatic heterocycles. The molecular weight excluding hydrogens is 342 g/mol. The first-order valence-electron chi connectivity index (χ1n) is 9.29. The molecule has 8 heteroatoms. The second-order valence-corrected chi connectivity index (χ2v) is 6.83. The molecule has 1 aliphatic rings. The Labute approximate surface area is 160 Å². The van der Waals surface area contributed by atoms with Crippen molar-refractivity contribution in [3.63, 3.8) is 0 Å². The number of amides is 1. The monoisotopic (exact) mass is 369 g/mol. The van der Waals surface area contributed by atoms with Gasteiger partial charge in [0.1, 0.15) is 17.3 Å². The van der Waals surface area contributed by atoms with Crippen molar-refractivity contribution in [1.82, 2.24) is 25.2 Å². The van der Waals surface area contributed by atoms with Gasteiger partial charge < -0.3 is 20.0 Å². The van der Waals surface area contributed by atoms with E-state index in [0.29, 0.717) is 12.2 Å². The van der Waals surface area contributed by atoms with Crippen molar-refractivity contribution >= 4 is 17.5 Å². The van der Waals surface area contributed by atoms with Gasteiger partial charge in [-0.15, -0.1) is 0 Å². The lowest BCUT2D eigenvalue weighted by atomic mass is 10.3. The first-order valence-corrected chi connectivity index (χ1v) is 9.29. The largest absolute Gasteiger partial charge is 0.353 e. The van der Waals surface area contributed by atoms with Crippen molar-refractivity contribution in [2.24, 2.45) is 0 Å². The molecular formula is C19H27N7O. The predicted octanol–water partition coefficient (Wildman–Crippen LogP) is 0.880. The summed E-state index contributed by atoms with van der Waals surface area (Å²) in [6.07, 6.45) is 5.97. The standard InChI is InChI=1S/C19H27N7O/c1-24(2)9-5-8-21-19(27)16-14-23-18(15-22-16)26-12-10-25(11-13-26)17-6-3-4-7-20-17/h3-4,6-7,14-15H,5,8-13H2,1-2H3,(H,21,27). The normalized spacial score (nSPS) is 14.5. The molecule has 0 atom stereocenters. The highest BCUT2D eigenvalue weighted by Gasteiger charge is 2.19. The van der Waals surface area contributed by atoms with E-state index in [-0.39, 0.29) is 5.91 Å². The van der Waals surface area contributed by atoms with Gasteiger partial charge in [0.25, 0.3) is 5.91 Å². The Balaban J connectivity index is 1.48. The van der Waals surface area contributed by atoms with E-state index in [2.05, 4.69) is 35.0 Å². The molecule has 2 aromatic rings. The molecule has 1 saturated heterocycles. The highest BCUT2D eigenvalue weighted by atomic mass is 16.1. The topological polar surface area (TPSA) is 77.5 Å². The second-order valence-electron chi connectivity index (χ2n) is 6.83. The van der Waals surface area contributed by atoms with Crippen molar-refractivity contribution < 1.29 is 4.79 Å². The van der Waals surface area contributed by atoms with Crippen LogP contribution in [-0.4, -0.2) is 79.1 Å². The number of hydrogen-bond donors (Lipinski definition) is 1. The average Bonchev–Trinajstić information content (AvgIpc) is 2.72. The lowest BCUT2D eigenvalue weighted by Gasteiger charge is -2.35. The average molecular weight is 369 g/mol. The summed E-state index contributed by atoms with van der Waals surface area (Å²) in [6.45, 7) is 5.04. The number of nitrogens with zero attached hydrogens (tertiary/aromatic N) is 6. The molecule has 0 unspecified atom stereocenters. The van der Waals surface area contributed by atoms with Crippen LogP contribution in [0.5, 0.6) is 0 Å². The van der Waals surface area contributed by atoms with Crippen molar-refractivity contribution in [2.75, 3.05) is 63.2 Å². The molecule has 2 aromatic heterocycles. The molecule has 27 heavy (non-hydrogen) atoms. The Hall–Kier alpha value is -2.74. The van der Waals surface area contributed by atoms with Crippen LogP contribution in [0.2, 0.25) is 0 Å². The zero-order valence-electron chi connectivity index (χ0n) is 16.0. The molecule has 0 aromatic carbocycles. The maximum atomic E-state index is 12.1. The Morgan fingerprint density at radius 2 is 1.78 bits per heavy atom. The van der Waals surface area contributed by atoms with Gasteiger partial charge in [-0.05, 0) is 39.2 Å². The third-order valence-electron chi connectivity index (χ3n) is 4.52. The smallest absolute Gasteiger partial charge is 0.271 e. The van der Waals surface area contributed by atoms with Crippen molar-refractivity contribution in [2.45, 2.75) is 6.42 Å². The highest BCUT2D eigenvalue weighted by molar-refractivity contribution is 5.91. The minimum absolute atomic E-state index is 0.173. The van der Waals surface area contributed by atoms with Gasteiger partial charge in [-0.3, -0.25) is 4.79 Å². The Morgan fingerprint density at radius 1 is 1.04 bits per heavy atom. The van der Waals surface area contributed by atoms with E-state index in [1.165, 1.54) is 0 Å². The van der Waals surface area contributed by atoms with Crippen LogP contribution >= 0.6 is 0 Å². The molecule has 144 valence electrons. The van der Waals surface area contributed by atoms with Crippen molar-refractivity contribution in [3.8, 4) is 0 Å². The van der Waals surface area contributed by atoms with Gasteiger partial charge in [0.2, 0.25) is 0 Å². The number of carbonyl (C=O) groups is 1. The van der Waals surface area contributed by atoms with E-state index in [1.807, 2.05) is 38.5 Å². The number of rotatable bonds is 7. The minimum Gasteiger partial charge on any atom is -0.353 e. The summed E-state index contributed by atoms with van der Waals surface area (Å²) >= 11 is 0. The maximum absolute atomic E-state index is 12.1. The van der Waals surface area contributed by atoms with Gasteiger partial charge in [-0.25, -0.2) is 15.0 Å². The number of hydrogen-bond acceptors (Lipinski definition) is 7. The molecule has 1 N–H and O–H groups in total. The Kier molecular flexibility index (Phi) is 6.54. The van der Waals surface area contributed by atoms with Crippen LogP contribution in [0.1, 0.15) is 16.9 Å². The summed E-state index contributed by atoms with van der Waals surface area (Å²) in [7, 11) is 4.03. The number of aromatic nitrogens is 3. The summed E-state index contributed by atoms with van der Waals surface area (Å²) in [5, 5.41) is 2.88. The first kappa shape index (κ1) is 19.0. The summed E-state index contributed by atoms with van der Waals surface area (Å²) in [4.78, 5) is 31.8. The highest BCUT2D eigenvalue weighted by Crippen LogP contribution is 2.16. The molecule has 3 heterocycles. The van der Waals surface area contributed by atoms with Crippen LogP contribution in [0.25, 0.3) is 0 Å². The van der Waals surface area contributed by atoms with E-state index >= 15 is 0 Å². The molecule has 0 spiro atoms. The predicted molar refractivity (Wildman–Crippen MR) is 106 cm³/mol. The third kappa shape index (κ3) is 5.37. The maximum Gasteiger partial charge on any atom is 0.271 e. The van der Waals surface area contributed by atoms with Gasteiger partial charge in [-0.1, -0.05) is 6.07 Å². The van der Waals surface area contributed by atoms with Crippen LogP contribution in [0.4, 0.5) is 11.6 Å². The fourth-order valence-corrected chi connectivity index (χ4v) is 2.99. The van der Waals surface area contributed by atoms with Gasteiger partial charge in [0.05, 0.1) is 12.4 Å². The summed E-state index contributed by atoms with van der Waals surface area (Å²) in [6, 6.07) is 5.96. The Bertz CT molecular complexity index is 713. The number of pyridine rings is 1. The van der Waals surface area contributed by atoms with Crippen molar-refractivity contribution in [3.05, 3.63) is 42.5 Å². The third-order valence-corrected chi connectivity index (χ3v) is 4.52. The molecule has 0 saturated carbocycles. The van der Waals surface area contributed by atoms with Crippen LogP contribution < -0.4 is 15.1 Å². The first-order chi connectivity index (χ1) is 13.1. The van der Waals surface area contributed by atoms with E-state index in [0.717, 1.165) is 50.8 Å². The number of anilines is 2. The molecule has 8 nitrogen and oxygen atoms in total. The van der Waals surface area contributed by atoms with Crippen LogP contribution in [0.3, 0.4) is 0 Å². The zero-order chi connectivity index (χ0) is 19.1. The van der Waals surface area contributed by atoms with Crippen LogP contribution in [0, 0.1) is 0 Å². The molecule has 0 radical (unpaired) electrons. The second kappa shape index (κ2) is 9.27. The lowest BCUT2D eigenvalue weighted by Crippen LogP contribution is -2.47. The zero-order valence-corrected chi connectivity index (χ0v) is 16.0. The van der Waals surface area contributed by atoms with E-state index in [4.69, 9.17) is 0 Å². The lowest BCUT2D eigenvalue weighted by molar-refractivity contribution is 0.0947. The molecule has 0 bridgehead atoms. The van der Waals surface area contributed by atoms with E-state index in [9.17, 15) is 4.79 Å². The molecule has 0 aliphatic carbocycles. The van der Waals surface area contributed by atoms with Gasteiger partial charge in [0, 0.05) is 38.9 Å². The summed E-state index contributed by atoms with van der Waals surface area (Å²) < 4.78 is 0. The van der Waals surface area contributed by atoms with Crippen molar-refractivity contribution in [1.29, 1.82) is 0 Å². The molecule has 1 amide bonds. The quantitative estimate of drug-likeness (QED) is 0.726. The van der Waals surface area contributed by atoms with Crippen LogP contribution in [0.15, 0.2) is 36.8 Å². The molecule has 3 rings (SSSR count). The number of carbonyl (C=O) groups excluding carboxylic acids is 1. The Morgan fingerprint density at radius 3 is 2.37 bits per heavy atom. The summed E-state index contributed by atoms with van der Waals surface area (Å²) in [5.41, 5.74) is 0.357. The van der Waals surface area contributed by atoms with Gasteiger partial charge in [0.15, 0.2) is 0 Å². The summed E-state index contributed by atoms with van der Waals surface area (Å²) in [5.74, 6) is 1.64. The minimum atomic E-state index is -0.173. The van der Waals surface area contributed by atoms with Crippen LogP contribution in [-0.2, 0) is 0 Å². The number of piperazine rings is 1. The fourth-order valence-electron chi connectivity index (χ4n) is 2.99. The van der Waals surface area contributed by atoms with E-state index in [1.54, 1.807) is 12.4 Å². The van der Waals surface area contributed by atoms with Gasteiger partial charge >= 0.3 is 0 Å². The number of nitrogens with one attached hydrogen (secondary N) is 1. The van der Waals surface area contributed by atoms with Gasteiger partial charge in [-0.2, -0.15) is 0 Å².